The molecule has 32 heavy (non-hydrogen) atoms. The molecule has 3 aliphatic carbocycles. The van der Waals surface area contributed by atoms with Gasteiger partial charge in [-0.3, -0.25) is 9.69 Å². The molecule has 0 saturated heterocycles. The molecular formula is C26H37N3O3. The fraction of sp³-hybridized carbons (Fsp3) is 0.692. The van der Waals surface area contributed by atoms with Crippen LogP contribution < -0.4 is 5.73 Å². The molecule has 174 valence electrons. The highest BCUT2D eigenvalue weighted by atomic mass is 16.5. The van der Waals surface area contributed by atoms with E-state index in [0.717, 1.165) is 50.0 Å². The van der Waals surface area contributed by atoms with E-state index in [1.165, 1.54) is 30.4 Å². The number of carbonyl (C=O) groups is 1. The molecule has 2 atom stereocenters. The molecule has 1 amide bonds. The summed E-state index contributed by atoms with van der Waals surface area (Å²) in [4.78, 5) is 21.0. The van der Waals surface area contributed by atoms with E-state index in [4.69, 9.17) is 20.2 Å². The number of rotatable bonds is 7. The second-order valence-electron chi connectivity index (χ2n) is 10.5. The summed E-state index contributed by atoms with van der Waals surface area (Å²) in [5, 5.41) is 0. The van der Waals surface area contributed by atoms with Crippen LogP contribution in [0.3, 0.4) is 0 Å². The number of ether oxygens (including phenoxy) is 2. The first kappa shape index (κ1) is 21.9. The molecule has 5 rings (SSSR count). The van der Waals surface area contributed by atoms with Gasteiger partial charge in [-0.25, -0.2) is 4.99 Å². The highest BCUT2D eigenvalue weighted by Gasteiger charge is 2.67. The highest BCUT2D eigenvalue weighted by molar-refractivity contribution is 6.08. The molecule has 2 fully saturated rings. The Morgan fingerprint density at radius 1 is 1.22 bits per heavy atom. The predicted molar refractivity (Wildman–Crippen MR) is 124 cm³/mol. The molecule has 1 unspecified atom stereocenters. The van der Waals surface area contributed by atoms with Gasteiger partial charge in [0.25, 0.3) is 5.91 Å². The number of guanidine groups is 1. The normalized spacial score (nSPS) is 32.6. The van der Waals surface area contributed by atoms with Crippen molar-refractivity contribution in [1.82, 2.24) is 4.90 Å². The first-order valence-corrected chi connectivity index (χ1v) is 12.3. The van der Waals surface area contributed by atoms with Crippen LogP contribution in [-0.2, 0) is 32.6 Å². The Balaban J connectivity index is 1.57. The van der Waals surface area contributed by atoms with Gasteiger partial charge in [0.2, 0.25) is 0 Å². The molecule has 4 aliphatic rings. The molecule has 1 aliphatic heterocycles. The van der Waals surface area contributed by atoms with Crippen molar-refractivity contribution in [1.29, 1.82) is 0 Å². The lowest BCUT2D eigenvalue weighted by Crippen LogP contribution is -2.54. The zero-order valence-corrected chi connectivity index (χ0v) is 19.7. The molecular weight excluding hydrogens is 402 g/mol. The number of methoxy groups -OCH3 is 2. The van der Waals surface area contributed by atoms with E-state index in [9.17, 15) is 4.79 Å². The average Bonchev–Trinajstić information content (AvgIpc) is 3.53. The Kier molecular flexibility index (Phi) is 5.57. The summed E-state index contributed by atoms with van der Waals surface area (Å²) < 4.78 is 11.0. The zero-order chi connectivity index (χ0) is 22.5. The van der Waals surface area contributed by atoms with Crippen LogP contribution in [0.15, 0.2) is 23.2 Å². The third kappa shape index (κ3) is 3.29. The molecule has 2 spiro atoms. The summed E-state index contributed by atoms with van der Waals surface area (Å²) in [7, 11) is 3.45. The number of aryl methyl sites for hydroxylation is 1. The first-order chi connectivity index (χ1) is 15.4. The Bertz CT molecular complexity index is 917. The summed E-state index contributed by atoms with van der Waals surface area (Å²) >= 11 is 0. The quantitative estimate of drug-likeness (QED) is 0.705. The van der Waals surface area contributed by atoms with Gasteiger partial charge in [-0.05, 0) is 74.5 Å². The van der Waals surface area contributed by atoms with Crippen LogP contribution in [0, 0.1) is 11.3 Å². The summed E-state index contributed by atoms with van der Waals surface area (Å²) in [5.74, 6) is 1.26. The van der Waals surface area contributed by atoms with Crippen LogP contribution in [0.25, 0.3) is 0 Å². The summed E-state index contributed by atoms with van der Waals surface area (Å²) in [6.45, 7) is 2.42. The van der Waals surface area contributed by atoms with Gasteiger partial charge >= 0.3 is 0 Å². The van der Waals surface area contributed by atoms with Crippen LogP contribution in [0.1, 0.15) is 68.6 Å². The Hall–Kier alpha value is -1.92. The van der Waals surface area contributed by atoms with Crippen molar-refractivity contribution in [3.63, 3.8) is 0 Å². The molecule has 1 aromatic rings. The van der Waals surface area contributed by atoms with E-state index in [-0.39, 0.29) is 23.5 Å². The first-order valence-electron chi connectivity index (χ1n) is 12.3. The number of nitrogens with two attached hydrogens (primary N) is 1. The monoisotopic (exact) mass is 439 g/mol. The van der Waals surface area contributed by atoms with Crippen LogP contribution in [0.4, 0.5) is 0 Å². The average molecular weight is 440 g/mol. The summed E-state index contributed by atoms with van der Waals surface area (Å²) in [6.07, 6.45) is 9.95. The number of benzene rings is 1. The Morgan fingerprint density at radius 3 is 2.62 bits per heavy atom. The summed E-state index contributed by atoms with van der Waals surface area (Å²) in [6, 6.07) is 6.67. The third-order valence-corrected chi connectivity index (χ3v) is 8.53. The van der Waals surface area contributed by atoms with Crippen molar-refractivity contribution >= 4 is 11.9 Å². The van der Waals surface area contributed by atoms with Gasteiger partial charge in [-0.15, -0.1) is 0 Å². The lowest BCUT2D eigenvalue weighted by Gasteiger charge is -2.45. The largest absolute Gasteiger partial charge is 0.383 e. The topological polar surface area (TPSA) is 77.2 Å². The zero-order valence-electron chi connectivity index (χ0n) is 19.7. The number of carbonyl (C=O) groups excluding carboxylic acids is 1. The second kappa shape index (κ2) is 8.14. The van der Waals surface area contributed by atoms with E-state index >= 15 is 0 Å². The Morgan fingerprint density at radius 2 is 1.97 bits per heavy atom. The maximum absolute atomic E-state index is 14.3. The Labute approximate surface area is 191 Å². The minimum absolute atomic E-state index is 0.0357. The molecule has 0 aromatic heterocycles. The lowest BCUT2D eigenvalue weighted by molar-refractivity contribution is -0.140. The van der Waals surface area contributed by atoms with Gasteiger partial charge < -0.3 is 15.2 Å². The number of nitrogens with zero attached hydrogens (tertiary/aromatic N) is 2. The van der Waals surface area contributed by atoms with E-state index in [1.54, 1.807) is 19.1 Å². The van der Waals surface area contributed by atoms with Crippen LogP contribution in [0.5, 0.6) is 0 Å². The molecule has 0 bridgehead atoms. The van der Waals surface area contributed by atoms with Gasteiger partial charge in [0.05, 0.1) is 18.8 Å². The van der Waals surface area contributed by atoms with Crippen molar-refractivity contribution in [3.8, 4) is 0 Å². The van der Waals surface area contributed by atoms with Crippen molar-refractivity contribution in [2.75, 3.05) is 20.8 Å². The van der Waals surface area contributed by atoms with Crippen molar-refractivity contribution in [3.05, 3.63) is 34.9 Å². The summed E-state index contributed by atoms with van der Waals surface area (Å²) in [5.41, 5.74) is 9.01. The van der Waals surface area contributed by atoms with E-state index < -0.39 is 5.54 Å². The van der Waals surface area contributed by atoms with E-state index in [1.807, 2.05) is 6.92 Å². The number of aliphatic imine (C=N–C) groups is 1. The van der Waals surface area contributed by atoms with Crippen LogP contribution >= 0.6 is 0 Å². The maximum Gasteiger partial charge on any atom is 0.262 e. The highest BCUT2D eigenvalue weighted by Crippen LogP contribution is 2.62. The van der Waals surface area contributed by atoms with Gasteiger partial charge in [-0.2, -0.15) is 0 Å². The van der Waals surface area contributed by atoms with Crippen molar-refractivity contribution in [2.24, 2.45) is 22.1 Å². The lowest BCUT2D eigenvalue weighted by atomic mass is 9.61. The number of hydrogen-bond acceptors (Lipinski definition) is 5. The van der Waals surface area contributed by atoms with E-state index in [0.29, 0.717) is 12.6 Å². The molecule has 2 saturated carbocycles. The number of fused-ring (bicyclic) bond motifs is 3. The molecule has 1 aromatic carbocycles. The van der Waals surface area contributed by atoms with Gasteiger partial charge in [0.1, 0.15) is 0 Å². The molecule has 2 N–H and O–H groups in total. The molecule has 0 radical (unpaired) electrons. The minimum Gasteiger partial charge on any atom is -0.383 e. The fourth-order valence-corrected chi connectivity index (χ4v) is 6.56. The fourth-order valence-electron chi connectivity index (χ4n) is 6.56. The van der Waals surface area contributed by atoms with E-state index in [2.05, 4.69) is 18.2 Å². The van der Waals surface area contributed by atoms with Crippen LogP contribution in [0.2, 0.25) is 0 Å². The molecule has 6 nitrogen and oxygen atoms in total. The van der Waals surface area contributed by atoms with Crippen molar-refractivity contribution < 1.29 is 14.3 Å². The number of amides is 1. The molecule has 1 heterocycles. The predicted octanol–water partition coefficient (Wildman–Crippen LogP) is 3.55. The smallest absolute Gasteiger partial charge is 0.262 e. The third-order valence-electron chi connectivity index (χ3n) is 8.53. The second-order valence-corrected chi connectivity index (χ2v) is 10.5. The SMILES string of the molecule is COCC(C)N1C(=O)[C@@]2(N=C1N)c1cc(CCC3CC3)ccc1CC21CCC(OC)CC1. The van der Waals surface area contributed by atoms with Gasteiger partial charge in [0, 0.05) is 19.6 Å². The molecule has 6 heteroatoms. The maximum atomic E-state index is 14.3. The standard InChI is InChI=1S/C26H37N3O3/c1-17(16-31-2)29-23(30)26(28-24(29)27)22-14-19(7-6-18-4-5-18)8-9-20(22)15-25(26)12-10-21(32-3)11-13-25/h8-9,14,17-18,21H,4-7,10-13,15-16H2,1-3H3,(H2,27,28)/t17?,21?,25?,26-/m0/s1. The van der Waals surface area contributed by atoms with Gasteiger partial charge in [-0.1, -0.05) is 31.0 Å². The van der Waals surface area contributed by atoms with Crippen LogP contribution in [-0.4, -0.2) is 49.7 Å². The minimum atomic E-state index is -0.914. The van der Waals surface area contributed by atoms with Gasteiger partial charge in [0.15, 0.2) is 11.5 Å². The van der Waals surface area contributed by atoms with Crippen molar-refractivity contribution in [2.45, 2.75) is 82.4 Å². The number of hydrogen-bond donors (Lipinski definition) is 1.